The number of carboxylic acid groups (broad SMARTS) is 2. The van der Waals surface area contributed by atoms with Crippen LogP contribution in [0.4, 0.5) is 0 Å². The number of benzene rings is 2. The number of carbonyl (C=O) groups is 15. The summed E-state index contributed by atoms with van der Waals surface area (Å²) in [5.41, 5.74) is 17.4. The van der Waals surface area contributed by atoms with Gasteiger partial charge in [-0.2, -0.15) is 0 Å². The Labute approximate surface area is 623 Å². The fourth-order valence-corrected chi connectivity index (χ4v) is 11.4. The molecule has 594 valence electrons. The normalized spacial score (nSPS) is 14.6. The molecule has 22 N–H and O–H groups in total. The molecule has 11 atom stereocenters. The standard InChI is InChI=1S/C72H113N17O18/c1-11-12-13-14-18-25-54(91)85-58(40(2)3)67(102)82-49(28-31-73)61(96)77-37-55(92)80-53(39-90)64(99)83-52(34-45-36-76-47-24-20-19-23-46(45)47)69(104)89(10)38-56(93)79-50(29-32-74)62(97)81-51(30-33-75)65(100)88-72(9,35-44-21-16-15-17-22-44)71(107)84-48(26-27-57(94)95)63(98)86-60(42(6)7)68(103)87-59(41(4)5)66(101)78-43(8)70(105)106/h15-17,19-24,36,40-43,48-53,58-60,76,90H,11-14,18,25-35,37-39,73-75H2,1-10H3,(H,77,96)(H,78,101)(H,79,93)(H,80,92)(H,81,97)(H,82,102)(H,83,99)(H,84,107)(H,85,91)(H,86,98)(H,87,103)(H,88,100)(H,94,95)(H,105,106)/t43-,48-,49+,50-,51+,52+,53+,58+,59+,60-,72-/m0/s1. The van der Waals surface area contributed by atoms with Gasteiger partial charge in [-0.3, -0.25) is 71.9 Å². The summed E-state index contributed by atoms with van der Waals surface area (Å²) in [7, 11) is 1.23. The number of carbonyl (C=O) groups excluding carboxylic acids is 13. The Bertz CT molecular complexity index is 3500. The van der Waals surface area contributed by atoms with E-state index in [0.29, 0.717) is 28.5 Å². The van der Waals surface area contributed by atoms with Crippen LogP contribution < -0.4 is 81.0 Å². The predicted octanol–water partition coefficient (Wildman–Crippen LogP) is -2.41. The number of aliphatic hydroxyl groups is 1. The summed E-state index contributed by atoms with van der Waals surface area (Å²) in [5.74, 6) is -15.6. The molecule has 0 saturated heterocycles. The molecule has 1 heterocycles. The Morgan fingerprint density at radius 3 is 1.56 bits per heavy atom. The van der Waals surface area contributed by atoms with Crippen molar-refractivity contribution in [3.05, 3.63) is 71.9 Å². The van der Waals surface area contributed by atoms with Crippen LogP contribution in [0.25, 0.3) is 10.9 Å². The van der Waals surface area contributed by atoms with E-state index >= 15 is 0 Å². The molecule has 0 unspecified atom stereocenters. The van der Waals surface area contributed by atoms with E-state index < -0.39 is 193 Å². The van der Waals surface area contributed by atoms with Crippen molar-refractivity contribution >= 4 is 99.6 Å². The molecule has 35 heteroatoms. The number of H-pyrrole nitrogens is 1. The summed E-state index contributed by atoms with van der Waals surface area (Å²) in [6.07, 6.45) is 4.13. The molecule has 0 fully saturated rings. The number of nitrogens with one attached hydrogen (secondary N) is 13. The van der Waals surface area contributed by atoms with Crippen molar-refractivity contribution in [3.63, 3.8) is 0 Å². The fraction of sp³-hybridized carbons (Fsp3) is 0.597. The van der Waals surface area contributed by atoms with Gasteiger partial charge in [0.25, 0.3) is 0 Å². The first-order valence-electron chi connectivity index (χ1n) is 36.2. The van der Waals surface area contributed by atoms with Crippen molar-refractivity contribution in [2.45, 2.75) is 212 Å². The number of unbranched alkanes of at least 4 members (excludes halogenated alkanes) is 4. The highest BCUT2D eigenvalue weighted by atomic mass is 16.4. The highest BCUT2D eigenvalue weighted by Gasteiger charge is 2.42. The molecule has 1 aromatic heterocycles. The zero-order chi connectivity index (χ0) is 80.3. The highest BCUT2D eigenvalue weighted by Crippen LogP contribution is 2.21. The summed E-state index contributed by atoms with van der Waals surface area (Å²) in [5, 5.41) is 60.5. The monoisotopic (exact) mass is 1500 g/mol. The minimum atomic E-state index is -2.02. The molecule has 0 aliphatic rings. The van der Waals surface area contributed by atoms with Crippen molar-refractivity contribution in [1.29, 1.82) is 0 Å². The number of nitrogens with two attached hydrogens (primary N) is 3. The number of rotatable bonds is 49. The van der Waals surface area contributed by atoms with E-state index in [1.54, 1.807) is 102 Å². The molecule has 0 saturated carbocycles. The number of carboxylic acids is 2. The molecule has 3 aromatic rings. The van der Waals surface area contributed by atoms with Gasteiger partial charge in [-0.15, -0.1) is 0 Å². The first kappa shape index (κ1) is 91.1. The van der Waals surface area contributed by atoms with Gasteiger partial charge >= 0.3 is 11.9 Å². The highest BCUT2D eigenvalue weighted by molar-refractivity contribution is 6.01. The van der Waals surface area contributed by atoms with E-state index in [2.05, 4.69) is 75.7 Å². The summed E-state index contributed by atoms with van der Waals surface area (Å²) in [6.45, 7) is 11.4. The predicted molar refractivity (Wildman–Crippen MR) is 395 cm³/mol. The lowest BCUT2D eigenvalue weighted by atomic mass is 9.90. The van der Waals surface area contributed by atoms with Crippen LogP contribution in [0.15, 0.2) is 60.8 Å². The second-order valence-electron chi connectivity index (χ2n) is 27.7. The van der Waals surface area contributed by atoms with Crippen molar-refractivity contribution in [2.75, 3.05) is 46.4 Å². The zero-order valence-electron chi connectivity index (χ0n) is 62.9. The molecule has 0 aliphatic carbocycles. The Kier molecular flexibility index (Phi) is 39.2. The minimum Gasteiger partial charge on any atom is -0.481 e. The lowest BCUT2D eigenvalue weighted by Crippen LogP contribution is -2.65. The number of likely N-dealkylation sites (N-methyl/N-ethyl adjacent to an activating group) is 1. The van der Waals surface area contributed by atoms with E-state index in [9.17, 15) is 87.2 Å². The van der Waals surface area contributed by atoms with Crippen LogP contribution >= 0.6 is 0 Å². The largest absolute Gasteiger partial charge is 0.481 e. The maximum absolute atomic E-state index is 14.8. The second-order valence-corrected chi connectivity index (χ2v) is 27.7. The third kappa shape index (κ3) is 30.7. The van der Waals surface area contributed by atoms with Crippen LogP contribution in [0.1, 0.15) is 144 Å². The van der Waals surface area contributed by atoms with Crippen LogP contribution in [-0.4, -0.2) is 226 Å². The van der Waals surface area contributed by atoms with Gasteiger partial charge in [0.1, 0.15) is 66.0 Å². The third-order valence-electron chi connectivity index (χ3n) is 17.6. The van der Waals surface area contributed by atoms with Gasteiger partial charge in [-0.05, 0) is 101 Å². The Hall–Kier alpha value is -10.1. The number of aliphatic carboxylic acids is 2. The van der Waals surface area contributed by atoms with Gasteiger partial charge < -0.3 is 106 Å². The van der Waals surface area contributed by atoms with Gasteiger partial charge in [-0.1, -0.05) is 123 Å². The number of fused-ring (bicyclic) bond motifs is 1. The molecule has 0 radical (unpaired) electrons. The quantitative estimate of drug-likeness (QED) is 0.0262. The maximum Gasteiger partial charge on any atom is 0.325 e. The first-order valence-corrected chi connectivity index (χ1v) is 36.2. The summed E-state index contributed by atoms with van der Waals surface area (Å²) in [6, 6.07) is 1.14. The third-order valence-corrected chi connectivity index (χ3v) is 17.6. The van der Waals surface area contributed by atoms with E-state index in [0.717, 1.165) is 30.6 Å². The van der Waals surface area contributed by atoms with Crippen LogP contribution in [0.3, 0.4) is 0 Å². The van der Waals surface area contributed by atoms with Gasteiger partial charge in [0.15, 0.2) is 0 Å². The average Bonchev–Trinajstić information content (AvgIpc) is 1.71. The van der Waals surface area contributed by atoms with Crippen LogP contribution in [-0.2, 0) is 84.8 Å². The summed E-state index contributed by atoms with van der Waals surface area (Å²) >= 11 is 0. The minimum absolute atomic E-state index is 0.0571. The summed E-state index contributed by atoms with van der Waals surface area (Å²) in [4.78, 5) is 208. The number of aromatic nitrogens is 1. The Morgan fingerprint density at radius 1 is 0.505 bits per heavy atom. The number of hydrogen-bond acceptors (Lipinski definition) is 19. The molecular weight excluding hydrogens is 1390 g/mol. The zero-order valence-corrected chi connectivity index (χ0v) is 62.9. The number of hydrogen-bond donors (Lipinski definition) is 19. The van der Waals surface area contributed by atoms with Gasteiger partial charge in [0, 0.05) is 49.8 Å². The molecular formula is C72H113N17O18. The number of para-hydroxylation sites is 1. The fourth-order valence-electron chi connectivity index (χ4n) is 11.4. The van der Waals surface area contributed by atoms with Crippen molar-refractivity contribution < 1.29 is 87.2 Å². The number of nitrogens with zero attached hydrogens (tertiary/aromatic N) is 1. The van der Waals surface area contributed by atoms with Crippen molar-refractivity contribution in [3.8, 4) is 0 Å². The average molecular weight is 1500 g/mol. The van der Waals surface area contributed by atoms with E-state index in [-0.39, 0.29) is 70.0 Å². The lowest BCUT2D eigenvalue weighted by Gasteiger charge is -2.34. The smallest absolute Gasteiger partial charge is 0.325 e. The van der Waals surface area contributed by atoms with Crippen LogP contribution in [0, 0.1) is 17.8 Å². The topological polar surface area (TPSA) is 558 Å². The van der Waals surface area contributed by atoms with Crippen molar-refractivity contribution in [1.82, 2.24) is 73.7 Å². The SMILES string of the molecule is CCCCCCCC(=O)N[C@@H](C(=O)N[C@H](CCN)C(=O)NCC(=O)N[C@H](CO)C(=O)N[C@H](Cc1c[nH]c2ccccc12)C(=O)N(C)CC(=O)N[C@@H](CCN)C(=O)N[C@H](CCN)C(=O)N[C@@](C)(Cc1ccccc1)C(=O)N[C@@H](CCC(=O)O)C(=O)N[C@H](C(=O)N[C@@H](C(=O)N[C@@H](C)C(=O)O)C(C)C)C(C)C)C(C)C. The molecule has 35 nitrogen and oxygen atoms in total. The van der Waals surface area contributed by atoms with Gasteiger partial charge in [0.2, 0.25) is 76.8 Å². The molecule has 0 spiro atoms. The van der Waals surface area contributed by atoms with Crippen LogP contribution in [0.2, 0.25) is 0 Å². The number of aromatic amines is 1. The van der Waals surface area contributed by atoms with Gasteiger partial charge in [-0.25, -0.2) is 0 Å². The molecule has 3 rings (SSSR count). The lowest BCUT2D eigenvalue weighted by molar-refractivity contribution is -0.142. The molecule has 0 aliphatic heterocycles. The number of aliphatic hydroxyl groups excluding tert-OH is 1. The van der Waals surface area contributed by atoms with Gasteiger partial charge in [0.05, 0.1) is 19.7 Å². The first-order chi connectivity index (χ1) is 50.5. The Morgan fingerprint density at radius 2 is 0.991 bits per heavy atom. The van der Waals surface area contributed by atoms with Crippen molar-refractivity contribution in [2.24, 2.45) is 35.0 Å². The molecule has 2 aromatic carbocycles. The van der Waals surface area contributed by atoms with Crippen LogP contribution in [0.5, 0.6) is 0 Å². The number of amides is 13. The maximum atomic E-state index is 14.8. The van der Waals surface area contributed by atoms with E-state index in [1.807, 2.05) is 0 Å². The van der Waals surface area contributed by atoms with E-state index in [1.165, 1.54) is 20.9 Å². The summed E-state index contributed by atoms with van der Waals surface area (Å²) < 4.78 is 0. The molecule has 13 amide bonds. The van der Waals surface area contributed by atoms with E-state index in [4.69, 9.17) is 17.2 Å². The molecule has 107 heavy (non-hydrogen) atoms. The molecule has 0 bridgehead atoms. The second kappa shape index (κ2) is 46.1. The Balaban J connectivity index is 1.84.